The maximum absolute atomic E-state index is 12.3. The lowest BCUT2D eigenvalue weighted by atomic mass is 10.1. The molecular formula is C23H24N2O3. The fourth-order valence-corrected chi connectivity index (χ4v) is 2.90. The molecule has 3 rings (SSSR count). The Morgan fingerprint density at radius 1 is 0.964 bits per heavy atom. The Balaban J connectivity index is 1.49. The predicted molar refractivity (Wildman–Crippen MR) is 111 cm³/mol. The number of Topliss-reactive ketones (excluding diaryl/α,β-unsaturated/α-hetero) is 1. The summed E-state index contributed by atoms with van der Waals surface area (Å²) in [5.74, 6) is 0.670. The third kappa shape index (κ3) is 4.88. The number of amides is 1. The molecule has 3 aromatic rings. The molecular weight excluding hydrogens is 352 g/mol. The van der Waals surface area contributed by atoms with E-state index in [9.17, 15) is 9.59 Å². The average Bonchev–Trinajstić information content (AvgIpc) is 3.22. The smallest absolute Gasteiger partial charge is 0.287 e. The fourth-order valence-electron chi connectivity index (χ4n) is 2.90. The van der Waals surface area contributed by atoms with Gasteiger partial charge in [-0.3, -0.25) is 9.59 Å². The molecule has 0 aliphatic rings. The van der Waals surface area contributed by atoms with Crippen LogP contribution in [-0.4, -0.2) is 31.8 Å². The number of carbonyl (C=O) groups excluding carboxylic acids is 2. The molecule has 0 atom stereocenters. The van der Waals surface area contributed by atoms with E-state index in [4.69, 9.17) is 4.42 Å². The van der Waals surface area contributed by atoms with Gasteiger partial charge in [-0.2, -0.15) is 0 Å². The van der Waals surface area contributed by atoms with Gasteiger partial charge in [-0.15, -0.1) is 0 Å². The predicted octanol–water partition coefficient (Wildman–Crippen LogP) is 4.41. The van der Waals surface area contributed by atoms with Crippen molar-refractivity contribution in [1.29, 1.82) is 0 Å². The summed E-state index contributed by atoms with van der Waals surface area (Å²) in [5, 5.41) is 2.89. The van der Waals surface area contributed by atoms with Crippen LogP contribution < -0.4 is 10.2 Å². The van der Waals surface area contributed by atoms with E-state index in [0.29, 0.717) is 17.9 Å². The molecule has 0 fully saturated rings. The van der Waals surface area contributed by atoms with Crippen LogP contribution in [0.4, 0.5) is 5.69 Å². The van der Waals surface area contributed by atoms with E-state index in [-0.39, 0.29) is 17.5 Å². The van der Waals surface area contributed by atoms with Crippen molar-refractivity contribution >= 4 is 17.4 Å². The van der Waals surface area contributed by atoms with E-state index in [1.807, 2.05) is 37.4 Å². The van der Waals surface area contributed by atoms with Gasteiger partial charge >= 0.3 is 0 Å². The highest BCUT2D eigenvalue weighted by Crippen LogP contribution is 2.22. The third-order valence-electron chi connectivity index (χ3n) is 4.56. The molecule has 0 saturated carbocycles. The summed E-state index contributed by atoms with van der Waals surface area (Å²) in [6, 6.07) is 20.7. The monoisotopic (exact) mass is 376 g/mol. The molecule has 5 heteroatoms. The summed E-state index contributed by atoms with van der Waals surface area (Å²) in [6.07, 6.45) is 0.831. The normalized spacial score (nSPS) is 10.5. The molecule has 0 aliphatic carbocycles. The summed E-state index contributed by atoms with van der Waals surface area (Å²) in [7, 11) is 2.04. The highest BCUT2D eigenvalue weighted by molar-refractivity contribution is 5.94. The lowest BCUT2D eigenvalue weighted by Gasteiger charge is -2.19. The van der Waals surface area contributed by atoms with Gasteiger partial charge in [0, 0.05) is 37.0 Å². The largest absolute Gasteiger partial charge is 0.451 e. The van der Waals surface area contributed by atoms with Crippen LogP contribution in [0.2, 0.25) is 0 Å². The number of ketones is 1. The van der Waals surface area contributed by atoms with Crippen molar-refractivity contribution in [3.05, 3.63) is 78.1 Å². The Labute approximate surface area is 165 Å². The van der Waals surface area contributed by atoms with Gasteiger partial charge in [-0.05, 0) is 37.6 Å². The van der Waals surface area contributed by atoms with Gasteiger partial charge in [0.15, 0.2) is 11.5 Å². The fraction of sp³-hybridized carbons (Fsp3) is 0.217. The standard InChI is InChI=1S/C23H24N2O3/c1-17(26)18-9-11-19(12-10-18)21-13-14-22(28-21)23(27)24-15-6-16-25(2)20-7-4-3-5-8-20/h3-5,7-14H,6,15-16H2,1-2H3,(H,24,27). The number of anilines is 1. The lowest BCUT2D eigenvalue weighted by molar-refractivity contribution is 0.0926. The number of para-hydroxylation sites is 1. The highest BCUT2D eigenvalue weighted by Gasteiger charge is 2.12. The van der Waals surface area contributed by atoms with Crippen molar-refractivity contribution in [3.8, 4) is 11.3 Å². The second kappa shape index (κ2) is 9.04. The van der Waals surface area contributed by atoms with E-state index in [1.54, 1.807) is 24.3 Å². The van der Waals surface area contributed by atoms with Gasteiger partial charge in [-0.1, -0.05) is 42.5 Å². The van der Waals surface area contributed by atoms with E-state index in [1.165, 1.54) is 6.92 Å². The SMILES string of the molecule is CC(=O)c1ccc(-c2ccc(C(=O)NCCCN(C)c3ccccc3)o2)cc1. The van der Waals surface area contributed by atoms with Crippen LogP contribution >= 0.6 is 0 Å². The summed E-state index contributed by atoms with van der Waals surface area (Å²) in [6.45, 7) is 2.94. The van der Waals surface area contributed by atoms with Crippen molar-refractivity contribution in [2.24, 2.45) is 0 Å². The summed E-state index contributed by atoms with van der Waals surface area (Å²) >= 11 is 0. The molecule has 0 spiro atoms. The van der Waals surface area contributed by atoms with Gasteiger partial charge in [0.05, 0.1) is 0 Å². The number of nitrogens with zero attached hydrogens (tertiary/aromatic N) is 1. The van der Waals surface area contributed by atoms with Crippen LogP contribution in [0.5, 0.6) is 0 Å². The lowest BCUT2D eigenvalue weighted by Crippen LogP contribution is -2.27. The van der Waals surface area contributed by atoms with E-state index >= 15 is 0 Å². The Morgan fingerprint density at radius 2 is 1.68 bits per heavy atom. The van der Waals surface area contributed by atoms with Gasteiger partial charge < -0.3 is 14.6 Å². The first-order valence-corrected chi connectivity index (χ1v) is 9.30. The second-order valence-corrected chi connectivity index (χ2v) is 6.66. The molecule has 0 radical (unpaired) electrons. The molecule has 0 aliphatic heterocycles. The summed E-state index contributed by atoms with van der Waals surface area (Å²) < 4.78 is 5.67. The van der Waals surface area contributed by atoms with Crippen LogP contribution in [0, 0.1) is 0 Å². The average molecular weight is 376 g/mol. The molecule has 1 N–H and O–H groups in total. The van der Waals surface area contributed by atoms with Crippen LogP contribution in [0.3, 0.4) is 0 Å². The molecule has 144 valence electrons. The van der Waals surface area contributed by atoms with Crippen molar-refractivity contribution in [2.75, 3.05) is 25.0 Å². The first-order valence-electron chi connectivity index (χ1n) is 9.30. The molecule has 0 saturated heterocycles. The first-order chi connectivity index (χ1) is 13.5. The number of carbonyl (C=O) groups is 2. The molecule has 1 heterocycles. The Bertz CT molecular complexity index is 930. The molecule has 0 bridgehead atoms. The van der Waals surface area contributed by atoms with Gasteiger partial charge in [0.1, 0.15) is 5.76 Å². The second-order valence-electron chi connectivity index (χ2n) is 6.66. The highest BCUT2D eigenvalue weighted by atomic mass is 16.3. The summed E-state index contributed by atoms with van der Waals surface area (Å²) in [4.78, 5) is 25.8. The number of benzene rings is 2. The number of nitrogens with one attached hydrogen (secondary N) is 1. The number of hydrogen-bond donors (Lipinski definition) is 1. The minimum atomic E-state index is -0.228. The first kappa shape index (κ1) is 19.4. The number of hydrogen-bond acceptors (Lipinski definition) is 4. The molecule has 28 heavy (non-hydrogen) atoms. The topological polar surface area (TPSA) is 62.6 Å². The molecule has 1 amide bonds. The molecule has 5 nitrogen and oxygen atoms in total. The zero-order valence-corrected chi connectivity index (χ0v) is 16.1. The third-order valence-corrected chi connectivity index (χ3v) is 4.56. The van der Waals surface area contributed by atoms with Gasteiger partial charge in [-0.25, -0.2) is 0 Å². The number of rotatable bonds is 8. The van der Waals surface area contributed by atoms with Crippen molar-refractivity contribution in [3.63, 3.8) is 0 Å². The van der Waals surface area contributed by atoms with Crippen molar-refractivity contribution in [2.45, 2.75) is 13.3 Å². The van der Waals surface area contributed by atoms with E-state index in [2.05, 4.69) is 22.3 Å². The van der Waals surface area contributed by atoms with Crippen molar-refractivity contribution in [1.82, 2.24) is 5.32 Å². The number of furan rings is 1. The molecule has 0 unspecified atom stereocenters. The van der Waals surface area contributed by atoms with Crippen LogP contribution in [-0.2, 0) is 0 Å². The quantitative estimate of drug-likeness (QED) is 0.467. The maximum atomic E-state index is 12.3. The van der Waals surface area contributed by atoms with Crippen molar-refractivity contribution < 1.29 is 14.0 Å². The minimum Gasteiger partial charge on any atom is -0.451 e. The van der Waals surface area contributed by atoms with Crippen LogP contribution in [0.25, 0.3) is 11.3 Å². The van der Waals surface area contributed by atoms with Crippen LogP contribution in [0.15, 0.2) is 71.1 Å². The van der Waals surface area contributed by atoms with E-state index < -0.39 is 0 Å². The molecule has 1 aromatic heterocycles. The zero-order chi connectivity index (χ0) is 19.9. The molecule has 2 aromatic carbocycles. The zero-order valence-electron chi connectivity index (χ0n) is 16.1. The van der Waals surface area contributed by atoms with Gasteiger partial charge in [0.2, 0.25) is 0 Å². The van der Waals surface area contributed by atoms with Crippen LogP contribution in [0.1, 0.15) is 34.3 Å². The van der Waals surface area contributed by atoms with Gasteiger partial charge in [0.25, 0.3) is 5.91 Å². The summed E-state index contributed by atoms with van der Waals surface area (Å²) in [5.41, 5.74) is 2.63. The Kier molecular flexibility index (Phi) is 6.27. The minimum absolute atomic E-state index is 0.0176. The van der Waals surface area contributed by atoms with E-state index in [0.717, 1.165) is 24.2 Å². The Morgan fingerprint density at radius 3 is 2.36 bits per heavy atom. The Hall–Kier alpha value is -3.34. The maximum Gasteiger partial charge on any atom is 0.287 e.